The summed E-state index contributed by atoms with van der Waals surface area (Å²) in [7, 11) is 0. The summed E-state index contributed by atoms with van der Waals surface area (Å²) in [5, 5.41) is 9.95. The van der Waals surface area contributed by atoms with E-state index in [1.807, 2.05) is 0 Å². The number of rotatable bonds is 5. The maximum absolute atomic E-state index is 3.37. The summed E-state index contributed by atoms with van der Waals surface area (Å²) in [6.07, 6.45) is 2.26. The van der Waals surface area contributed by atoms with Crippen LogP contribution in [0.5, 0.6) is 0 Å². The highest BCUT2D eigenvalue weighted by Crippen LogP contribution is 2.01. The monoisotopic (exact) mass is 143 g/mol. The van der Waals surface area contributed by atoms with E-state index >= 15 is 0 Å². The second kappa shape index (κ2) is 3.91. The Morgan fingerprint density at radius 1 is 1.20 bits per heavy atom. The van der Waals surface area contributed by atoms with Gasteiger partial charge in [-0.2, -0.15) is 0 Å². The maximum Gasteiger partial charge on any atom is 0.0879 e. The Morgan fingerprint density at radius 2 is 1.90 bits per heavy atom. The molecule has 0 aliphatic carbocycles. The summed E-state index contributed by atoms with van der Waals surface area (Å²) < 4.78 is 0. The van der Waals surface area contributed by atoms with Gasteiger partial charge in [-0.15, -0.1) is 0 Å². The fourth-order valence-corrected chi connectivity index (χ4v) is 1.01. The third-order valence-electron chi connectivity index (χ3n) is 1.62. The van der Waals surface area contributed by atoms with E-state index in [9.17, 15) is 0 Å². The molecule has 1 aliphatic heterocycles. The van der Waals surface area contributed by atoms with Crippen LogP contribution in [0.1, 0.15) is 20.3 Å². The van der Waals surface area contributed by atoms with E-state index in [0.717, 1.165) is 13.1 Å². The molecule has 1 heterocycles. The molecule has 1 aliphatic rings. The van der Waals surface area contributed by atoms with E-state index in [4.69, 9.17) is 0 Å². The SMILES string of the molecule is CCCNC1NC1NCC. The van der Waals surface area contributed by atoms with Crippen LogP contribution in [0.15, 0.2) is 0 Å². The first-order valence-electron chi connectivity index (χ1n) is 4.11. The van der Waals surface area contributed by atoms with Gasteiger partial charge in [0.15, 0.2) is 0 Å². The van der Waals surface area contributed by atoms with Gasteiger partial charge in [0.2, 0.25) is 0 Å². The van der Waals surface area contributed by atoms with Gasteiger partial charge in [-0.25, -0.2) is 0 Å². The molecule has 1 saturated heterocycles. The van der Waals surface area contributed by atoms with Crippen molar-refractivity contribution in [2.24, 2.45) is 0 Å². The minimum atomic E-state index is 0.525. The Bertz CT molecular complexity index is 94.9. The Kier molecular flexibility index (Phi) is 3.12. The minimum Gasteiger partial charge on any atom is -0.300 e. The van der Waals surface area contributed by atoms with Crippen LogP contribution in [0.25, 0.3) is 0 Å². The van der Waals surface area contributed by atoms with Crippen LogP contribution in [-0.2, 0) is 0 Å². The first kappa shape index (κ1) is 7.98. The Balaban J connectivity index is 1.92. The van der Waals surface area contributed by atoms with Gasteiger partial charge < -0.3 is 0 Å². The van der Waals surface area contributed by atoms with Gasteiger partial charge in [0.05, 0.1) is 12.3 Å². The van der Waals surface area contributed by atoms with E-state index < -0.39 is 0 Å². The normalized spacial score (nSPS) is 30.6. The van der Waals surface area contributed by atoms with Crippen LogP contribution in [0.4, 0.5) is 0 Å². The molecule has 3 heteroatoms. The van der Waals surface area contributed by atoms with Gasteiger partial charge in [-0.1, -0.05) is 13.8 Å². The lowest BCUT2D eigenvalue weighted by molar-refractivity contribution is 0.611. The van der Waals surface area contributed by atoms with Crippen LogP contribution in [0, 0.1) is 0 Å². The zero-order chi connectivity index (χ0) is 7.40. The van der Waals surface area contributed by atoms with Gasteiger partial charge in [0, 0.05) is 0 Å². The minimum absolute atomic E-state index is 0.525. The molecule has 0 bridgehead atoms. The molecule has 2 unspecified atom stereocenters. The van der Waals surface area contributed by atoms with Crippen LogP contribution in [0.3, 0.4) is 0 Å². The Morgan fingerprint density at radius 3 is 2.50 bits per heavy atom. The molecule has 3 nitrogen and oxygen atoms in total. The molecule has 3 N–H and O–H groups in total. The van der Waals surface area contributed by atoms with Crippen molar-refractivity contribution in [3.05, 3.63) is 0 Å². The molecule has 0 saturated carbocycles. The second-order valence-electron chi connectivity index (χ2n) is 2.63. The quantitative estimate of drug-likeness (QED) is 0.469. The number of likely N-dealkylation sites (N-methyl/N-ethyl adjacent to an activating group) is 1. The van der Waals surface area contributed by atoms with Gasteiger partial charge in [0.1, 0.15) is 0 Å². The summed E-state index contributed by atoms with van der Waals surface area (Å²) in [5.74, 6) is 0. The van der Waals surface area contributed by atoms with Crippen molar-refractivity contribution in [2.75, 3.05) is 13.1 Å². The van der Waals surface area contributed by atoms with Crippen molar-refractivity contribution >= 4 is 0 Å². The zero-order valence-corrected chi connectivity index (χ0v) is 6.78. The fourth-order valence-electron chi connectivity index (χ4n) is 1.01. The van der Waals surface area contributed by atoms with Crippen LogP contribution in [-0.4, -0.2) is 25.4 Å². The Labute approximate surface area is 62.6 Å². The molecular formula is C7H17N3. The maximum atomic E-state index is 3.37. The molecule has 0 spiro atoms. The standard InChI is InChI=1S/C7H17N3/c1-3-5-9-7-6(10-7)8-4-2/h6-10H,3-5H2,1-2H3. The highest BCUT2D eigenvalue weighted by atomic mass is 15.4. The molecule has 10 heavy (non-hydrogen) atoms. The highest BCUT2D eigenvalue weighted by molar-refractivity contribution is 4.92. The van der Waals surface area contributed by atoms with Crippen molar-refractivity contribution in [2.45, 2.75) is 32.6 Å². The molecule has 0 aromatic carbocycles. The first-order valence-corrected chi connectivity index (χ1v) is 4.11. The average Bonchev–Trinajstić information content (AvgIpc) is 2.65. The van der Waals surface area contributed by atoms with Crippen molar-refractivity contribution in [1.82, 2.24) is 16.0 Å². The third-order valence-corrected chi connectivity index (χ3v) is 1.62. The third kappa shape index (κ3) is 2.25. The summed E-state index contributed by atoms with van der Waals surface area (Å²) in [5.41, 5.74) is 0. The number of nitrogens with one attached hydrogen (secondary N) is 3. The number of hydrogen-bond acceptors (Lipinski definition) is 3. The van der Waals surface area contributed by atoms with E-state index in [1.165, 1.54) is 6.42 Å². The molecule has 1 fully saturated rings. The molecule has 0 radical (unpaired) electrons. The molecule has 1 rings (SSSR count). The average molecular weight is 143 g/mol. The van der Waals surface area contributed by atoms with Gasteiger partial charge in [-0.05, 0) is 19.5 Å². The summed E-state index contributed by atoms with van der Waals surface area (Å²) >= 11 is 0. The molecule has 60 valence electrons. The summed E-state index contributed by atoms with van der Waals surface area (Å²) in [6.45, 7) is 6.45. The van der Waals surface area contributed by atoms with Gasteiger partial charge in [-0.3, -0.25) is 16.0 Å². The van der Waals surface area contributed by atoms with Crippen LogP contribution < -0.4 is 16.0 Å². The largest absolute Gasteiger partial charge is 0.300 e. The fraction of sp³-hybridized carbons (Fsp3) is 1.00. The van der Waals surface area contributed by atoms with Gasteiger partial charge >= 0.3 is 0 Å². The summed E-state index contributed by atoms with van der Waals surface area (Å²) in [4.78, 5) is 0. The molecule has 2 atom stereocenters. The lowest BCUT2D eigenvalue weighted by Gasteiger charge is -1.98. The topological polar surface area (TPSA) is 46.0 Å². The first-order chi connectivity index (χ1) is 4.88. The predicted octanol–water partition coefficient (Wildman–Crippen LogP) is -0.149. The van der Waals surface area contributed by atoms with Crippen molar-refractivity contribution in [1.29, 1.82) is 0 Å². The lowest BCUT2D eigenvalue weighted by atomic mass is 10.5. The lowest BCUT2D eigenvalue weighted by Crippen LogP contribution is -2.27. The van der Waals surface area contributed by atoms with Crippen molar-refractivity contribution in [3.8, 4) is 0 Å². The number of hydrogen-bond donors (Lipinski definition) is 3. The van der Waals surface area contributed by atoms with Crippen molar-refractivity contribution in [3.63, 3.8) is 0 Å². The smallest absolute Gasteiger partial charge is 0.0879 e. The zero-order valence-electron chi connectivity index (χ0n) is 6.78. The molecular weight excluding hydrogens is 126 g/mol. The molecule has 0 amide bonds. The second-order valence-corrected chi connectivity index (χ2v) is 2.63. The molecule has 0 aromatic heterocycles. The van der Waals surface area contributed by atoms with E-state index in [-0.39, 0.29) is 0 Å². The predicted molar refractivity (Wildman–Crippen MR) is 42.7 cm³/mol. The van der Waals surface area contributed by atoms with Crippen LogP contribution in [0.2, 0.25) is 0 Å². The highest BCUT2D eigenvalue weighted by Gasteiger charge is 2.33. The Hall–Kier alpha value is -0.120. The van der Waals surface area contributed by atoms with Crippen LogP contribution >= 0.6 is 0 Å². The van der Waals surface area contributed by atoms with Crippen molar-refractivity contribution < 1.29 is 0 Å². The van der Waals surface area contributed by atoms with E-state index in [2.05, 4.69) is 29.8 Å². The van der Waals surface area contributed by atoms with Gasteiger partial charge in [0.25, 0.3) is 0 Å². The molecule has 0 aromatic rings. The van der Waals surface area contributed by atoms with E-state index in [1.54, 1.807) is 0 Å². The van der Waals surface area contributed by atoms with E-state index in [0.29, 0.717) is 12.3 Å². The summed E-state index contributed by atoms with van der Waals surface area (Å²) in [6, 6.07) is 0.